The van der Waals surface area contributed by atoms with E-state index in [1.54, 1.807) is 26.2 Å². The van der Waals surface area contributed by atoms with Crippen LogP contribution < -0.4 is 9.46 Å². The van der Waals surface area contributed by atoms with Crippen LogP contribution in [0.4, 0.5) is 0 Å². The van der Waals surface area contributed by atoms with Crippen LogP contribution in [0.5, 0.6) is 5.75 Å². The summed E-state index contributed by atoms with van der Waals surface area (Å²) >= 11 is 0. The van der Waals surface area contributed by atoms with Gasteiger partial charge in [0.2, 0.25) is 10.0 Å². The Morgan fingerprint density at radius 1 is 1.00 bits per heavy atom. The molecule has 1 atom stereocenters. The van der Waals surface area contributed by atoms with Crippen molar-refractivity contribution < 1.29 is 13.2 Å². The lowest BCUT2D eigenvalue weighted by atomic mass is 9.86. The predicted octanol–water partition coefficient (Wildman–Crippen LogP) is 4.65. The van der Waals surface area contributed by atoms with Gasteiger partial charge < -0.3 is 4.74 Å². The highest BCUT2D eigenvalue weighted by atomic mass is 32.2. The lowest BCUT2D eigenvalue weighted by Gasteiger charge is -2.21. The molecule has 0 spiro atoms. The van der Waals surface area contributed by atoms with Crippen LogP contribution >= 0.6 is 0 Å². The first-order valence-electron chi connectivity index (χ1n) is 8.73. The van der Waals surface area contributed by atoms with Gasteiger partial charge in [0.1, 0.15) is 5.75 Å². The Hall–Kier alpha value is -1.85. The first-order chi connectivity index (χ1) is 12.0. The molecule has 2 rings (SSSR count). The first-order valence-corrected chi connectivity index (χ1v) is 10.2. The molecule has 0 saturated carbocycles. The van der Waals surface area contributed by atoms with Crippen LogP contribution in [0.3, 0.4) is 0 Å². The van der Waals surface area contributed by atoms with Crippen LogP contribution in [0, 0.1) is 13.8 Å². The zero-order valence-corrected chi connectivity index (χ0v) is 17.5. The second-order valence-corrected chi connectivity index (χ2v) is 9.48. The van der Waals surface area contributed by atoms with Crippen molar-refractivity contribution in [3.63, 3.8) is 0 Å². The van der Waals surface area contributed by atoms with E-state index in [1.807, 2.05) is 26.0 Å². The Kier molecular flexibility index (Phi) is 5.83. The summed E-state index contributed by atoms with van der Waals surface area (Å²) in [5, 5.41) is 0. The second-order valence-electron chi connectivity index (χ2n) is 7.80. The Bertz CT molecular complexity index is 879. The largest absolute Gasteiger partial charge is 0.496 e. The molecule has 0 heterocycles. The summed E-state index contributed by atoms with van der Waals surface area (Å²) in [6.45, 7) is 11.9. The zero-order chi connectivity index (χ0) is 19.7. The van der Waals surface area contributed by atoms with Gasteiger partial charge in [0.05, 0.1) is 12.0 Å². The average molecular weight is 376 g/mol. The fourth-order valence-electron chi connectivity index (χ4n) is 2.91. The number of hydrogen-bond donors (Lipinski definition) is 1. The molecule has 0 amide bonds. The molecule has 0 saturated heterocycles. The highest BCUT2D eigenvalue weighted by Crippen LogP contribution is 2.28. The summed E-state index contributed by atoms with van der Waals surface area (Å²) in [7, 11) is -2.05. The standard InChI is InChI=1S/C21H29NO3S/c1-14-13-20(15(2)12-19(14)25-7)26(23,24)22-16(3)17-8-10-18(11-9-17)21(4,5)6/h8-13,16,22H,1-7H3/t16-/m0/s1. The molecule has 2 aromatic carbocycles. The van der Waals surface area contributed by atoms with Gasteiger partial charge in [0.25, 0.3) is 0 Å². The molecule has 0 aromatic heterocycles. The van der Waals surface area contributed by atoms with Crippen molar-refractivity contribution in [3.8, 4) is 5.75 Å². The summed E-state index contributed by atoms with van der Waals surface area (Å²) in [5.41, 5.74) is 3.68. The zero-order valence-electron chi connectivity index (χ0n) is 16.7. The second kappa shape index (κ2) is 7.41. The van der Waals surface area contributed by atoms with E-state index in [2.05, 4.69) is 37.6 Å². The minimum absolute atomic E-state index is 0.0685. The van der Waals surface area contributed by atoms with Gasteiger partial charge in [-0.05, 0) is 60.6 Å². The summed E-state index contributed by atoms with van der Waals surface area (Å²) < 4.78 is 33.8. The van der Waals surface area contributed by atoms with Gasteiger partial charge in [-0.1, -0.05) is 45.0 Å². The molecule has 5 heteroatoms. The molecule has 2 aromatic rings. The maximum absolute atomic E-state index is 12.9. The highest BCUT2D eigenvalue weighted by Gasteiger charge is 2.22. The lowest BCUT2D eigenvalue weighted by Crippen LogP contribution is -2.27. The van der Waals surface area contributed by atoms with Crippen molar-refractivity contribution in [2.75, 3.05) is 7.11 Å². The third kappa shape index (κ3) is 4.46. The molecule has 0 bridgehead atoms. The predicted molar refractivity (Wildman–Crippen MR) is 106 cm³/mol. The summed E-state index contributed by atoms with van der Waals surface area (Å²) in [5.74, 6) is 0.687. The molecule has 0 fully saturated rings. The van der Waals surface area contributed by atoms with E-state index in [-0.39, 0.29) is 16.4 Å². The third-order valence-electron chi connectivity index (χ3n) is 4.59. The molecule has 26 heavy (non-hydrogen) atoms. The van der Waals surface area contributed by atoms with Crippen LogP contribution in [0.25, 0.3) is 0 Å². The van der Waals surface area contributed by atoms with E-state index >= 15 is 0 Å². The van der Waals surface area contributed by atoms with Crippen LogP contribution in [-0.2, 0) is 15.4 Å². The van der Waals surface area contributed by atoms with Gasteiger partial charge in [-0.25, -0.2) is 13.1 Å². The maximum Gasteiger partial charge on any atom is 0.241 e. The van der Waals surface area contributed by atoms with Gasteiger partial charge in [0, 0.05) is 6.04 Å². The average Bonchev–Trinajstić information content (AvgIpc) is 2.55. The van der Waals surface area contributed by atoms with E-state index in [0.29, 0.717) is 11.3 Å². The highest BCUT2D eigenvalue weighted by molar-refractivity contribution is 7.89. The topological polar surface area (TPSA) is 55.4 Å². The SMILES string of the molecule is COc1cc(C)c(S(=O)(=O)N[C@@H](C)c2ccc(C(C)(C)C)cc2)cc1C. The normalized spacial score (nSPS) is 13.5. The Labute approximate surface area is 157 Å². The summed E-state index contributed by atoms with van der Waals surface area (Å²) in [6, 6.07) is 11.2. The lowest BCUT2D eigenvalue weighted by molar-refractivity contribution is 0.411. The van der Waals surface area contributed by atoms with Crippen LogP contribution in [0.1, 0.15) is 56.0 Å². The van der Waals surface area contributed by atoms with E-state index in [9.17, 15) is 8.42 Å². The van der Waals surface area contributed by atoms with Crippen LogP contribution in [-0.4, -0.2) is 15.5 Å². The van der Waals surface area contributed by atoms with Gasteiger partial charge in [-0.3, -0.25) is 0 Å². The van der Waals surface area contributed by atoms with Crippen molar-refractivity contribution in [3.05, 3.63) is 58.7 Å². The van der Waals surface area contributed by atoms with E-state index in [0.717, 1.165) is 11.1 Å². The number of sulfonamides is 1. The minimum Gasteiger partial charge on any atom is -0.496 e. The van der Waals surface area contributed by atoms with Crippen LogP contribution in [0.2, 0.25) is 0 Å². The van der Waals surface area contributed by atoms with Gasteiger partial charge in [0.15, 0.2) is 0 Å². The van der Waals surface area contributed by atoms with Crippen molar-refractivity contribution in [2.24, 2.45) is 0 Å². The molecular weight excluding hydrogens is 346 g/mol. The Morgan fingerprint density at radius 2 is 1.58 bits per heavy atom. The molecule has 0 aliphatic carbocycles. The first kappa shape index (κ1) is 20.5. The Morgan fingerprint density at radius 3 is 2.08 bits per heavy atom. The summed E-state index contributed by atoms with van der Waals surface area (Å²) in [6.07, 6.45) is 0. The molecule has 0 aliphatic rings. The summed E-state index contributed by atoms with van der Waals surface area (Å²) in [4.78, 5) is 0.286. The van der Waals surface area contributed by atoms with Crippen molar-refractivity contribution in [1.29, 1.82) is 0 Å². The van der Waals surface area contributed by atoms with Gasteiger partial charge in [-0.2, -0.15) is 0 Å². The number of rotatable bonds is 5. The van der Waals surface area contributed by atoms with Crippen LogP contribution in [0.15, 0.2) is 41.3 Å². The van der Waals surface area contributed by atoms with E-state index in [4.69, 9.17) is 4.74 Å². The molecular formula is C21H29NO3S. The number of aryl methyl sites for hydroxylation is 2. The van der Waals surface area contributed by atoms with E-state index < -0.39 is 10.0 Å². The maximum atomic E-state index is 12.9. The molecule has 4 nitrogen and oxygen atoms in total. The van der Waals surface area contributed by atoms with Gasteiger partial charge in [-0.15, -0.1) is 0 Å². The molecule has 0 aliphatic heterocycles. The monoisotopic (exact) mass is 375 g/mol. The molecule has 0 unspecified atom stereocenters. The third-order valence-corrected chi connectivity index (χ3v) is 6.27. The fourth-order valence-corrected chi connectivity index (χ4v) is 4.45. The fraction of sp³-hybridized carbons (Fsp3) is 0.429. The smallest absolute Gasteiger partial charge is 0.241 e. The Balaban J connectivity index is 2.28. The van der Waals surface area contributed by atoms with Crippen molar-refractivity contribution in [2.45, 2.75) is 57.9 Å². The number of hydrogen-bond acceptors (Lipinski definition) is 3. The molecule has 1 N–H and O–H groups in total. The number of nitrogens with one attached hydrogen (secondary N) is 1. The quantitative estimate of drug-likeness (QED) is 0.828. The molecule has 142 valence electrons. The number of benzene rings is 2. The number of ether oxygens (including phenoxy) is 1. The van der Waals surface area contributed by atoms with E-state index in [1.165, 1.54) is 5.56 Å². The minimum atomic E-state index is -3.63. The van der Waals surface area contributed by atoms with Crippen molar-refractivity contribution in [1.82, 2.24) is 4.72 Å². The van der Waals surface area contributed by atoms with Crippen molar-refractivity contribution >= 4 is 10.0 Å². The van der Waals surface area contributed by atoms with Gasteiger partial charge >= 0.3 is 0 Å². The molecule has 0 radical (unpaired) electrons. The number of methoxy groups -OCH3 is 1.